The lowest BCUT2D eigenvalue weighted by Crippen LogP contribution is -2.55. The first-order chi connectivity index (χ1) is 22.4. The van der Waals surface area contributed by atoms with Gasteiger partial charge in [0.05, 0.1) is 18.1 Å². The van der Waals surface area contributed by atoms with Crippen LogP contribution in [0.25, 0.3) is 10.9 Å². The number of hydrogen-bond acceptors (Lipinski definition) is 6. The summed E-state index contributed by atoms with van der Waals surface area (Å²) >= 11 is 0. The molecule has 0 saturated carbocycles. The van der Waals surface area contributed by atoms with Crippen LogP contribution in [0.1, 0.15) is 56.9 Å². The molecule has 11 nitrogen and oxygen atoms in total. The molecule has 5 heterocycles. The highest BCUT2D eigenvalue weighted by Gasteiger charge is 2.37. The molecule has 4 amide bonds. The highest BCUT2D eigenvalue weighted by atomic mass is 16.2. The Morgan fingerprint density at radius 1 is 0.913 bits per heavy atom. The Balaban J connectivity index is 1.02. The zero-order valence-corrected chi connectivity index (χ0v) is 26.9. The Kier molecular flexibility index (Phi) is 8.84. The van der Waals surface area contributed by atoms with E-state index in [1.807, 2.05) is 63.0 Å². The molecule has 2 aromatic carbocycles. The SMILES string of the molecule is CN(c1ccc2[nH]ncc2c1)C(CC(=O)N1CCC(N2Cc3ccccc3NC2=O)CC1)C(=O)N1CCC(N2CCCCC2)CC1. The number of H-pyrrole nitrogens is 1. The van der Waals surface area contributed by atoms with Gasteiger partial charge in [-0.05, 0) is 81.4 Å². The van der Waals surface area contributed by atoms with Gasteiger partial charge in [0.2, 0.25) is 11.8 Å². The molecule has 244 valence electrons. The van der Waals surface area contributed by atoms with Gasteiger partial charge in [-0.2, -0.15) is 5.10 Å². The molecular weight excluding hydrogens is 580 g/mol. The largest absolute Gasteiger partial charge is 0.362 e. The van der Waals surface area contributed by atoms with E-state index in [4.69, 9.17) is 0 Å². The van der Waals surface area contributed by atoms with Crippen LogP contribution in [0, 0.1) is 0 Å². The first-order valence-electron chi connectivity index (χ1n) is 17.1. The van der Waals surface area contributed by atoms with Gasteiger partial charge in [0.25, 0.3) is 0 Å². The van der Waals surface area contributed by atoms with Gasteiger partial charge in [-0.15, -0.1) is 0 Å². The maximum absolute atomic E-state index is 14.3. The van der Waals surface area contributed by atoms with E-state index in [1.54, 1.807) is 6.20 Å². The monoisotopic (exact) mass is 626 g/mol. The Bertz CT molecular complexity index is 1550. The van der Waals surface area contributed by atoms with Crippen molar-refractivity contribution in [2.24, 2.45) is 0 Å². The Labute approximate surface area is 270 Å². The van der Waals surface area contributed by atoms with Crippen molar-refractivity contribution in [2.45, 2.75) is 76.0 Å². The molecule has 3 aromatic rings. The number of fused-ring (bicyclic) bond motifs is 2. The number of carbonyl (C=O) groups is 3. The average Bonchev–Trinajstić information content (AvgIpc) is 3.58. The fourth-order valence-corrected chi connectivity index (χ4v) is 7.90. The van der Waals surface area contributed by atoms with Crippen LogP contribution < -0.4 is 10.2 Å². The van der Waals surface area contributed by atoms with Crippen molar-refractivity contribution in [2.75, 3.05) is 56.5 Å². The van der Waals surface area contributed by atoms with Crippen LogP contribution >= 0.6 is 0 Å². The van der Waals surface area contributed by atoms with Crippen molar-refractivity contribution >= 4 is 40.1 Å². The number of urea groups is 1. The molecule has 1 aromatic heterocycles. The van der Waals surface area contributed by atoms with Crippen molar-refractivity contribution in [1.29, 1.82) is 0 Å². The van der Waals surface area contributed by atoms with Crippen molar-refractivity contribution in [3.8, 4) is 0 Å². The van der Waals surface area contributed by atoms with Crippen LogP contribution in [0.2, 0.25) is 0 Å². The van der Waals surface area contributed by atoms with Gasteiger partial charge in [0.1, 0.15) is 6.04 Å². The molecular formula is C35H46N8O3. The molecule has 3 fully saturated rings. The van der Waals surface area contributed by atoms with E-state index in [9.17, 15) is 14.4 Å². The topological polar surface area (TPSA) is 108 Å². The van der Waals surface area contributed by atoms with E-state index < -0.39 is 6.04 Å². The number of nitrogens with one attached hydrogen (secondary N) is 2. The molecule has 46 heavy (non-hydrogen) atoms. The van der Waals surface area contributed by atoms with E-state index in [1.165, 1.54) is 32.4 Å². The Hall–Kier alpha value is -4.12. The molecule has 3 saturated heterocycles. The summed E-state index contributed by atoms with van der Waals surface area (Å²) < 4.78 is 0. The van der Waals surface area contributed by atoms with Crippen LogP contribution in [0.3, 0.4) is 0 Å². The van der Waals surface area contributed by atoms with Gasteiger partial charge >= 0.3 is 6.03 Å². The summed E-state index contributed by atoms with van der Waals surface area (Å²) in [4.78, 5) is 51.4. The smallest absolute Gasteiger partial charge is 0.322 e. The van der Waals surface area contributed by atoms with Gasteiger partial charge in [-0.3, -0.25) is 14.7 Å². The van der Waals surface area contributed by atoms with Crippen LogP contribution in [0.15, 0.2) is 48.7 Å². The summed E-state index contributed by atoms with van der Waals surface area (Å²) in [5.41, 5.74) is 3.81. The van der Waals surface area contributed by atoms with Crippen molar-refractivity contribution < 1.29 is 14.4 Å². The molecule has 0 bridgehead atoms. The number of piperidine rings is 3. The highest BCUT2D eigenvalue weighted by molar-refractivity contribution is 5.93. The van der Waals surface area contributed by atoms with E-state index in [0.717, 1.165) is 66.6 Å². The second-order valence-electron chi connectivity index (χ2n) is 13.5. The lowest BCUT2D eigenvalue weighted by Gasteiger charge is -2.42. The molecule has 1 unspecified atom stereocenters. The van der Waals surface area contributed by atoms with Crippen LogP contribution in [0.4, 0.5) is 16.2 Å². The van der Waals surface area contributed by atoms with E-state index in [0.29, 0.717) is 25.7 Å². The molecule has 7 rings (SSSR count). The third kappa shape index (κ3) is 6.29. The molecule has 0 aliphatic carbocycles. The fourth-order valence-electron chi connectivity index (χ4n) is 7.90. The maximum Gasteiger partial charge on any atom is 0.322 e. The Morgan fingerprint density at radius 2 is 1.63 bits per heavy atom. The number of aromatic amines is 1. The van der Waals surface area contributed by atoms with Gasteiger partial charge in [0.15, 0.2) is 0 Å². The first kappa shape index (κ1) is 30.5. The number of likely N-dealkylation sites (tertiary alicyclic amines) is 3. The predicted molar refractivity (Wildman–Crippen MR) is 179 cm³/mol. The van der Waals surface area contributed by atoms with Crippen LogP contribution in [0.5, 0.6) is 0 Å². The number of carbonyl (C=O) groups excluding carboxylic acids is 3. The number of aromatic nitrogens is 2. The zero-order chi connectivity index (χ0) is 31.6. The fraction of sp³-hybridized carbons (Fsp3) is 0.543. The highest BCUT2D eigenvalue weighted by Crippen LogP contribution is 2.29. The Morgan fingerprint density at radius 3 is 2.41 bits per heavy atom. The number of benzene rings is 2. The minimum Gasteiger partial charge on any atom is -0.362 e. The molecule has 2 N–H and O–H groups in total. The maximum atomic E-state index is 14.3. The van der Waals surface area contributed by atoms with Crippen molar-refractivity contribution in [1.82, 2.24) is 29.8 Å². The predicted octanol–water partition coefficient (Wildman–Crippen LogP) is 4.27. The van der Waals surface area contributed by atoms with E-state index in [-0.39, 0.29) is 30.3 Å². The summed E-state index contributed by atoms with van der Waals surface area (Å²) in [6.45, 7) is 5.52. The number of rotatable bonds is 7. The molecule has 0 spiro atoms. The quantitative estimate of drug-likeness (QED) is 0.406. The third-order valence-electron chi connectivity index (χ3n) is 10.8. The third-order valence-corrected chi connectivity index (χ3v) is 10.8. The second-order valence-corrected chi connectivity index (χ2v) is 13.5. The average molecular weight is 627 g/mol. The number of anilines is 2. The zero-order valence-electron chi connectivity index (χ0n) is 26.9. The number of amides is 4. The minimum absolute atomic E-state index is 0.00955. The summed E-state index contributed by atoms with van der Waals surface area (Å²) in [7, 11) is 1.93. The lowest BCUT2D eigenvalue weighted by atomic mass is 9.98. The lowest BCUT2D eigenvalue weighted by molar-refractivity contribution is -0.140. The van der Waals surface area contributed by atoms with Gasteiger partial charge in [-0.25, -0.2) is 4.79 Å². The van der Waals surface area contributed by atoms with Gasteiger partial charge < -0.3 is 29.8 Å². The summed E-state index contributed by atoms with van der Waals surface area (Å²) in [6, 6.07) is 13.8. The molecule has 0 radical (unpaired) electrons. The summed E-state index contributed by atoms with van der Waals surface area (Å²) in [5, 5.41) is 11.1. The van der Waals surface area contributed by atoms with Gasteiger partial charge in [0, 0.05) is 68.6 Å². The standard InChI is InChI=1S/C35H46N8O3/c1-39(29-9-10-31-26(21-29)23-36-38-31)32(34(45)42-19-11-27(12-20-42)40-15-5-2-6-16-40)22-33(44)41-17-13-28(14-18-41)43-24-25-7-3-4-8-30(25)37-35(43)46/h3-4,7-10,21,23,27-28,32H,2,5-6,11-20,22,24H2,1H3,(H,36,38)(H,37,46). The van der Waals surface area contributed by atoms with Crippen LogP contribution in [-0.2, 0) is 16.1 Å². The summed E-state index contributed by atoms with van der Waals surface area (Å²) in [6.07, 6.45) is 9.17. The first-order valence-corrected chi connectivity index (χ1v) is 17.1. The normalized spacial score (nSPS) is 20.8. The van der Waals surface area contributed by atoms with Crippen molar-refractivity contribution in [3.63, 3.8) is 0 Å². The number of hydrogen-bond donors (Lipinski definition) is 2. The van der Waals surface area contributed by atoms with Crippen LogP contribution in [-0.4, -0.2) is 112 Å². The molecule has 11 heteroatoms. The van der Waals surface area contributed by atoms with E-state index >= 15 is 0 Å². The molecule has 1 atom stereocenters. The molecule has 4 aliphatic rings. The molecule has 4 aliphatic heterocycles. The second kappa shape index (κ2) is 13.3. The number of nitrogens with zero attached hydrogens (tertiary/aromatic N) is 6. The van der Waals surface area contributed by atoms with E-state index in [2.05, 4.69) is 26.5 Å². The number of likely N-dealkylation sites (N-methyl/N-ethyl adjacent to an activating group) is 1. The number of para-hydroxylation sites is 1. The summed E-state index contributed by atoms with van der Waals surface area (Å²) in [5.74, 6) is 0.0171. The van der Waals surface area contributed by atoms with Gasteiger partial charge in [-0.1, -0.05) is 24.6 Å². The minimum atomic E-state index is -0.606. The van der Waals surface area contributed by atoms with Crippen molar-refractivity contribution in [3.05, 3.63) is 54.2 Å².